The van der Waals surface area contributed by atoms with Crippen molar-refractivity contribution in [3.05, 3.63) is 23.5 Å². The van der Waals surface area contributed by atoms with Crippen LogP contribution >= 0.6 is 0 Å². The van der Waals surface area contributed by atoms with Crippen molar-refractivity contribution in [2.24, 2.45) is 17.8 Å². The molecule has 2 saturated carbocycles. The first kappa shape index (κ1) is 17.3. The average Bonchev–Trinajstić information content (AvgIpc) is 2.89. The van der Waals surface area contributed by atoms with Crippen molar-refractivity contribution in [1.82, 2.24) is 10.2 Å². The molecule has 4 aliphatic rings. The molecule has 1 N–H and O–H groups in total. The summed E-state index contributed by atoms with van der Waals surface area (Å²) >= 11 is 0. The summed E-state index contributed by atoms with van der Waals surface area (Å²) in [6.45, 7) is 5.89. The van der Waals surface area contributed by atoms with Gasteiger partial charge < -0.3 is 15.0 Å². The van der Waals surface area contributed by atoms with Crippen LogP contribution < -0.4 is 5.32 Å². The largest absolute Gasteiger partial charge is 0.466 e. The molecule has 0 aromatic rings. The van der Waals surface area contributed by atoms with Crippen molar-refractivity contribution in [1.29, 1.82) is 0 Å². The van der Waals surface area contributed by atoms with Crippen LogP contribution in [0.15, 0.2) is 23.5 Å². The van der Waals surface area contributed by atoms with Crippen LogP contribution in [-0.4, -0.2) is 40.7 Å². The van der Waals surface area contributed by atoms with Crippen molar-refractivity contribution >= 4 is 17.7 Å². The lowest BCUT2D eigenvalue weighted by atomic mass is 9.50. The van der Waals surface area contributed by atoms with E-state index in [4.69, 9.17) is 4.74 Å². The van der Waals surface area contributed by atoms with Gasteiger partial charge >= 0.3 is 5.97 Å². The molecular weight excluding hydrogens is 332 g/mol. The lowest BCUT2D eigenvalue weighted by molar-refractivity contribution is -0.135. The molecule has 0 radical (unpaired) electrons. The van der Waals surface area contributed by atoms with Gasteiger partial charge in [-0.25, -0.2) is 4.79 Å². The molecule has 2 aliphatic carbocycles. The number of ether oxygens (including phenoxy) is 1. The molecule has 1 saturated heterocycles. The summed E-state index contributed by atoms with van der Waals surface area (Å²) in [5.41, 5.74) is 0.830. The maximum Gasteiger partial charge on any atom is 0.332 e. The van der Waals surface area contributed by atoms with Gasteiger partial charge in [-0.2, -0.15) is 0 Å². The SMILES string of the molecule is COC(=O)C=C1C(=O)C=C2[C@@H]3C[C@H]4C[C@H](CC[C@@]4(C)N12)C3(C)NC(C)=O. The Labute approximate surface area is 153 Å². The number of esters is 1. The molecule has 140 valence electrons. The minimum atomic E-state index is -0.513. The van der Waals surface area contributed by atoms with Gasteiger partial charge in [-0.1, -0.05) is 0 Å². The third-order valence-corrected chi connectivity index (χ3v) is 7.34. The van der Waals surface area contributed by atoms with E-state index >= 15 is 0 Å². The molecule has 5 atom stereocenters. The van der Waals surface area contributed by atoms with Crippen LogP contribution in [0.25, 0.3) is 0 Å². The van der Waals surface area contributed by atoms with E-state index in [1.807, 2.05) is 0 Å². The lowest BCUT2D eigenvalue weighted by Crippen LogP contribution is -2.70. The highest BCUT2D eigenvalue weighted by Gasteiger charge is 2.63. The van der Waals surface area contributed by atoms with Crippen LogP contribution in [0, 0.1) is 17.8 Å². The first-order valence-corrected chi connectivity index (χ1v) is 9.35. The second-order valence-electron chi connectivity index (χ2n) is 8.60. The zero-order valence-corrected chi connectivity index (χ0v) is 15.8. The number of amides is 1. The van der Waals surface area contributed by atoms with E-state index in [0.29, 0.717) is 17.5 Å². The maximum absolute atomic E-state index is 12.7. The maximum atomic E-state index is 12.7. The van der Waals surface area contributed by atoms with Crippen LogP contribution in [0.5, 0.6) is 0 Å². The van der Waals surface area contributed by atoms with Crippen molar-refractivity contribution in [2.75, 3.05) is 7.11 Å². The van der Waals surface area contributed by atoms with E-state index in [9.17, 15) is 14.4 Å². The summed E-state index contributed by atoms with van der Waals surface area (Å²) in [6.07, 6.45) is 6.93. The van der Waals surface area contributed by atoms with E-state index in [1.54, 1.807) is 13.0 Å². The predicted octanol–water partition coefficient (Wildman–Crippen LogP) is 1.92. The van der Waals surface area contributed by atoms with Crippen molar-refractivity contribution in [3.63, 3.8) is 0 Å². The molecular formula is C20H26N2O4. The number of nitrogens with one attached hydrogen (secondary N) is 1. The summed E-state index contributed by atoms with van der Waals surface area (Å²) in [4.78, 5) is 38.6. The van der Waals surface area contributed by atoms with Crippen LogP contribution in [0.2, 0.25) is 0 Å². The van der Waals surface area contributed by atoms with Crippen LogP contribution in [0.3, 0.4) is 0 Å². The second kappa shape index (κ2) is 5.44. The third kappa shape index (κ3) is 2.14. The predicted molar refractivity (Wildman–Crippen MR) is 94.6 cm³/mol. The fourth-order valence-corrected chi connectivity index (χ4v) is 6.04. The molecule has 0 aromatic heterocycles. The van der Waals surface area contributed by atoms with Gasteiger partial charge in [0.25, 0.3) is 0 Å². The number of ketones is 1. The molecule has 1 unspecified atom stereocenters. The van der Waals surface area contributed by atoms with Gasteiger partial charge in [0.05, 0.1) is 18.9 Å². The Morgan fingerprint density at radius 3 is 2.69 bits per heavy atom. The minimum absolute atomic E-state index is 0.0355. The molecule has 2 heterocycles. The Bertz CT molecular complexity index is 770. The number of carbonyl (C=O) groups excluding carboxylic acids is 3. The Hall–Kier alpha value is -2.11. The Morgan fingerprint density at radius 1 is 1.31 bits per heavy atom. The molecule has 1 amide bonds. The first-order chi connectivity index (χ1) is 12.2. The normalized spacial score (nSPS) is 41.8. The number of piperidine rings is 1. The zero-order chi connectivity index (χ0) is 18.9. The minimum Gasteiger partial charge on any atom is -0.466 e. The highest BCUT2D eigenvalue weighted by atomic mass is 16.5. The molecule has 3 bridgehead atoms. The molecule has 6 heteroatoms. The van der Waals surface area contributed by atoms with E-state index in [1.165, 1.54) is 13.2 Å². The van der Waals surface area contributed by atoms with E-state index in [2.05, 4.69) is 24.1 Å². The Kier molecular flexibility index (Phi) is 3.62. The van der Waals surface area contributed by atoms with Gasteiger partial charge in [-0.3, -0.25) is 9.59 Å². The number of carbonyl (C=O) groups is 3. The van der Waals surface area contributed by atoms with E-state index < -0.39 is 5.97 Å². The highest BCUT2D eigenvalue weighted by Crippen LogP contribution is 2.62. The van der Waals surface area contributed by atoms with Gasteiger partial charge in [0.1, 0.15) is 0 Å². The van der Waals surface area contributed by atoms with Gasteiger partial charge in [0.15, 0.2) is 0 Å². The fraction of sp³-hybridized carbons (Fsp3) is 0.650. The molecule has 26 heavy (non-hydrogen) atoms. The van der Waals surface area contributed by atoms with E-state index in [-0.39, 0.29) is 28.7 Å². The zero-order valence-electron chi connectivity index (χ0n) is 15.8. The average molecular weight is 358 g/mol. The number of hydrogen-bond acceptors (Lipinski definition) is 5. The summed E-state index contributed by atoms with van der Waals surface area (Å²) < 4.78 is 4.77. The molecule has 3 fully saturated rings. The van der Waals surface area contributed by atoms with Crippen molar-refractivity contribution in [3.8, 4) is 0 Å². The van der Waals surface area contributed by atoms with Crippen molar-refractivity contribution < 1.29 is 19.1 Å². The highest BCUT2D eigenvalue weighted by molar-refractivity contribution is 6.10. The smallest absolute Gasteiger partial charge is 0.332 e. The van der Waals surface area contributed by atoms with Gasteiger partial charge in [0, 0.05) is 35.7 Å². The number of methoxy groups -OCH3 is 1. The number of nitrogens with zero attached hydrogens (tertiary/aromatic N) is 1. The van der Waals surface area contributed by atoms with Gasteiger partial charge in [-0.15, -0.1) is 0 Å². The van der Waals surface area contributed by atoms with Crippen LogP contribution in [0.4, 0.5) is 0 Å². The summed E-state index contributed by atoms with van der Waals surface area (Å²) in [6, 6.07) is 0. The van der Waals surface area contributed by atoms with Gasteiger partial charge in [0.2, 0.25) is 11.7 Å². The number of allylic oxidation sites excluding steroid dienone is 1. The summed E-state index contributed by atoms with van der Waals surface area (Å²) in [7, 11) is 1.32. The molecule has 4 rings (SSSR count). The monoisotopic (exact) mass is 358 g/mol. The number of rotatable bonds is 2. The molecule has 0 aromatic carbocycles. The molecule has 0 spiro atoms. The van der Waals surface area contributed by atoms with Crippen LogP contribution in [0.1, 0.15) is 46.5 Å². The van der Waals surface area contributed by atoms with E-state index in [0.717, 1.165) is 31.4 Å². The third-order valence-electron chi connectivity index (χ3n) is 7.34. The van der Waals surface area contributed by atoms with Gasteiger partial charge in [-0.05, 0) is 51.4 Å². The second-order valence-corrected chi connectivity index (χ2v) is 8.60. The standard InChI is InChI=1S/C20H26N2O4/c1-11(23)21-20(3)12-5-6-19(2)13(7-12)8-14(20)15-9-17(24)16(22(15)19)10-18(25)26-4/h9-10,12-14H,5-8H2,1-4H3,(H,21,23)/t12-,13+,14-,19+,20?/m0/s1. The number of fused-ring (bicyclic) bond motifs is 5. The summed E-state index contributed by atoms with van der Waals surface area (Å²) in [5.74, 6) is 0.239. The number of hydrogen-bond donors (Lipinski definition) is 1. The lowest BCUT2D eigenvalue weighted by Gasteiger charge is -2.66. The Morgan fingerprint density at radius 2 is 2.04 bits per heavy atom. The van der Waals surface area contributed by atoms with Crippen LogP contribution in [-0.2, 0) is 19.1 Å². The quantitative estimate of drug-likeness (QED) is 0.603. The van der Waals surface area contributed by atoms with Crippen molar-refractivity contribution in [2.45, 2.75) is 57.5 Å². The molecule has 2 aliphatic heterocycles. The molecule has 6 nitrogen and oxygen atoms in total. The topological polar surface area (TPSA) is 75.7 Å². The fourth-order valence-electron chi connectivity index (χ4n) is 6.04. The Balaban J connectivity index is 1.84. The summed E-state index contributed by atoms with van der Waals surface area (Å²) in [5, 5.41) is 3.22. The first-order valence-electron chi connectivity index (χ1n) is 9.35.